The highest BCUT2D eigenvalue weighted by Gasteiger charge is 2.35. The summed E-state index contributed by atoms with van der Waals surface area (Å²) in [4.78, 5) is 29.8. The summed E-state index contributed by atoms with van der Waals surface area (Å²) in [7, 11) is 1.79. The normalized spacial score (nSPS) is 18.2. The molecule has 2 aliphatic heterocycles. The van der Waals surface area contributed by atoms with Crippen LogP contribution >= 0.6 is 0 Å². The van der Waals surface area contributed by atoms with E-state index < -0.39 is 0 Å². The summed E-state index contributed by atoms with van der Waals surface area (Å²) in [5.74, 6) is 0.00345. The molecule has 2 aliphatic rings. The lowest BCUT2D eigenvalue weighted by Gasteiger charge is -2.39. The zero-order chi connectivity index (χ0) is 17.7. The highest BCUT2D eigenvalue weighted by molar-refractivity contribution is 5.97. The van der Waals surface area contributed by atoms with Gasteiger partial charge >= 0.3 is 6.03 Å². The molecule has 0 radical (unpaired) electrons. The number of hydrogen-bond donors (Lipinski definition) is 1. The van der Waals surface area contributed by atoms with Crippen molar-refractivity contribution in [3.8, 4) is 0 Å². The topological polar surface area (TPSA) is 90.4 Å². The van der Waals surface area contributed by atoms with Crippen LogP contribution in [-0.2, 0) is 0 Å². The van der Waals surface area contributed by atoms with E-state index in [1.807, 2.05) is 24.7 Å². The second-order valence-corrected chi connectivity index (χ2v) is 6.71. The molecule has 0 aromatic carbocycles. The summed E-state index contributed by atoms with van der Waals surface area (Å²) >= 11 is 0. The lowest BCUT2D eigenvalue weighted by atomic mass is 10.1. The lowest BCUT2D eigenvalue weighted by molar-refractivity contribution is 0.0500. The quantitative estimate of drug-likeness (QED) is 0.892. The van der Waals surface area contributed by atoms with Gasteiger partial charge in [0.1, 0.15) is 0 Å². The fourth-order valence-corrected chi connectivity index (χ4v) is 3.37. The van der Waals surface area contributed by atoms with Crippen LogP contribution in [0.25, 0.3) is 0 Å². The Kier molecular flexibility index (Phi) is 3.52. The summed E-state index contributed by atoms with van der Waals surface area (Å²) < 4.78 is 1.85. The number of likely N-dealkylation sites (tertiary alicyclic amines) is 1. The molecule has 0 unspecified atom stereocenters. The predicted molar refractivity (Wildman–Crippen MR) is 90.6 cm³/mol. The minimum atomic E-state index is -0.00382. The van der Waals surface area contributed by atoms with Crippen LogP contribution in [0.5, 0.6) is 0 Å². The van der Waals surface area contributed by atoms with Gasteiger partial charge in [-0.15, -0.1) is 0 Å². The molecule has 1 N–H and O–H groups in total. The second kappa shape index (κ2) is 5.61. The Morgan fingerprint density at radius 3 is 2.64 bits per heavy atom. The van der Waals surface area contributed by atoms with Crippen LogP contribution in [0.15, 0.2) is 12.4 Å². The number of aromatic amines is 1. The van der Waals surface area contributed by atoms with Gasteiger partial charge in [0, 0.05) is 45.1 Å². The number of nitrogens with zero attached hydrogens (tertiary/aromatic N) is 6. The summed E-state index contributed by atoms with van der Waals surface area (Å²) in [6, 6.07) is 0.136. The molecule has 3 amide bonds. The van der Waals surface area contributed by atoms with Crippen molar-refractivity contribution in [1.29, 1.82) is 0 Å². The van der Waals surface area contributed by atoms with Gasteiger partial charge in [-0.05, 0) is 13.8 Å². The number of likely N-dealkylation sites (N-methyl/N-ethyl adjacent to an activating group) is 1. The van der Waals surface area contributed by atoms with E-state index in [9.17, 15) is 9.59 Å². The number of H-pyrrole nitrogens is 1. The third-order valence-electron chi connectivity index (χ3n) is 4.98. The smallest absolute Gasteiger partial charge is 0.324 e. The molecule has 0 aliphatic carbocycles. The number of rotatable bonds is 3. The zero-order valence-corrected chi connectivity index (χ0v) is 14.6. The monoisotopic (exact) mass is 343 g/mol. The van der Waals surface area contributed by atoms with E-state index in [0.717, 1.165) is 23.6 Å². The van der Waals surface area contributed by atoms with Crippen molar-refractivity contribution in [2.24, 2.45) is 0 Å². The Morgan fingerprint density at radius 2 is 2.04 bits per heavy atom. The first kappa shape index (κ1) is 15.7. The van der Waals surface area contributed by atoms with Gasteiger partial charge < -0.3 is 9.80 Å². The number of carbonyl (C=O) groups is 2. The van der Waals surface area contributed by atoms with Crippen LogP contribution < -0.4 is 4.90 Å². The molecule has 0 bridgehead atoms. The summed E-state index contributed by atoms with van der Waals surface area (Å²) in [6.45, 7) is 6.30. The molecule has 0 spiro atoms. The van der Waals surface area contributed by atoms with Gasteiger partial charge in [-0.25, -0.2) is 4.79 Å². The van der Waals surface area contributed by atoms with Crippen LogP contribution in [0.4, 0.5) is 10.5 Å². The minimum absolute atomic E-state index is 0.00345. The highest BCUT2D eigenvalue weighted by Crippen LogP contribution is 2.27. The minimum Gasteiger partial charge on any atom is -0.334 e. The summed E-state index contributed by atoms with van der Waals surface area (Å²) in [5.41, 5.74) is 2.99. The van der Waals surface area contributed by atoms with Gasteiger partial charge in [-0.1, -0.05) is 0 Å². The van der Waals surface area contributed by atoms with Gasteiger partial charge in [0.15, 0.2) is 0 Å². The van der Waals surface area contributed by atoms with Gasteiger partial charge in [-0.3, -0.25) is 19.5 Å². The van der Waals surface area contributed by atoms with E-state index in [1.54, 1.807) is 27.9 Å². The molecule has 4 rings (SSSR count). The van der Waals surface area contributed by atoms with Crippen molar-refractivity contribution in [2.75, 3.05) is 38.1 Å². The van der Waals surface area contributed by atoms with Crippen LogP contribution in [0.3, 0.4) is 0 Å². The van der Waals surface area contributed by atoms with Gasteiger partial charge in [0.05, 0.1) is 29.2 Å². The molecule has 0 atom stereocenters. The maximum Gasteiger partial charge on any atom is 0.324 e. The largest absolute Gasteiger partial charge is 0.334 e. The number of amides is 3. The standard InChI is InChI=1S/C16H21N7O2/c1-10-14(11(2)19-18-10)15(24)21-7-13(8-21)23-9-12(6-17-23)22-5-4-20(3)16(22)25/h6,9,13H,4-5,7-8H2,1-3H3,(H,18,19). The van der Waals surface area contributed by atoms with Crippen molar-refractivity contribution in [3.05, 3.63) is 29.3 Å². The van der Waals surface area contributed by atoms with Gasteiger partial charge in [-0.2, -0.15) is 10.2 Å². The average molecular weight is 343 g/mol. The SMILES string of the molecule is Cc1n[nH]c(C)c1C(=O)N1CC(n2cc(N3CCN(C)C3=O)cn2)C1. The summed E-state index contributed by atoms with van der Waals surface area (Å²) in [6.07, 6.45) is 3.60. The van der Waals surface area contributed by atoms with E-state index in [-0.39, 0.29) is 18.0 Å². The Labute approximate surface area is 145 Å². The number of aromatic nitrogens is 4. The number of anilines is 1. The Bertz CT molecular complexity index is 814. The molecule has 132 valence electrons. The highest BCUT2D eigenvalue weighted by atomic mass is 16.2. The van der Waals surface area contributed by atoms with Gasteiger partial charge in [0.25, 0.3) is 5.91 Å². The third-order valence-corrected chi connectivity index (χ3v) is 4.98. The van der Waals surface area contributed by atoms with Crippen molar-refractivity contribution in [2.45, 2.75) is 19.9 Å². The van der Waals surface area contributed by atoms with Crippen molar-refractivity contribution in [3.63, 3.8) is 0 Å². The fraction of sp³-hybridized carbons (Fsp3) is 0.500. The molecular weight excluding hydrogens is 322 g/mol. The molecule has 4 heterocycles. The first-order valence-corrected chi connectivity index (χ1v) is 8.33. The van der Waals surface area contributed by atoms with Crippen molar-refractivity contribution in [1.82, 2.24) is 29.8 Å². The Hall–Kier alpha value is -2.84. The maximum absolute atomic E-state index is 12.6. The Balaban J connectivity index is 1.42. The van der Waals surface area contributed by atoms with Crippen LogP contribution in [0.2, 0.25) is 0 Å². The van der Waals surface area contributed by atoms with Crippen LogP contribution in [0, 0.1) is 13.8 Å². The maximum atomic E-state index is 12.6. The average Bonchev–Trinajstić information content (AvgIpc) is 3.20. The van der Waals surface area contributed by atoms with Gasteiger partial charge in [0.2, 0.25) is 0 Å². The van der Waals surface area contributed by atoms with E-state index in [4.69, 9.17) is 0 Å². The first-order valence-electron chi connectivity index (χ1n) is 8.33. The Morgan fingerprint density at radius 1 is 1.28 bits per heavy atom. The van der Waals surface area contributed by atoms with E-state index >= 15 is 0 Å². The van der Waals surface area contributed by atoms with Crippen LogP contribution in [0.1, 0.15) is 27.8 Å². The molecule has 2 aromatic heterocycles. The zero-order valence-electron chi connectivity index (χ0n) is 14.6. The molecular formula is C16H21N7O2. The van der Waals surface area contributed by atoms with E-state index in [0.29, 0.717) is 25.2 Å². The van der Waals surface area contributed by atoms with Crippen molar-refractivity contribution < 1.29 is 9.59 Å². The van der Waals surface area contributed by atoms with E-state index in [1.165, 1.54) is 0 Å². The number of nitrogens with one attached hydrogen (secondary N) is 1. The molecule has 2 aromatic rings. The number of hydrogen-bond acceptors (Lipinski definition) is 4. The van der Waals surface area contributed by atoms with Crippen LogP contribution in [-0.4, -0.2) is 74.9 Å². The molecule has 0 saturated carbocycles. The summed E-state index contributed by atoms with van der Waals surface area (Å²) in [5, 5.41) is 11.3. The fourth-order valence-electron chi connectivity index (χ4n) is 3.37. The molecule has 25 heavy (non-hydrogen) atoms. The first-order chi connectivity index (χ1) is 12.0. The second-order valence-electron chi connectivity index (χ2n) is 6.71. The molecule has 9 nitrogen and oxygen atoms in total. The van der Waals surface area contributed by atoms with Crippen molar-refractivity contribution >= 4 is 17.6 Å². The number of aryl methyl sites for hydroxylation is 2. The number of carbonyl (C=O) groups excluding carboxylic acids is 2. The lowest BCUT2D eigenvalue weighted by Crippen LogP contribution is -2.51. The molecule has 2 fully saturated rings. The third kappa shape index (κ3) is 2.46. The van der Waals surface area contributed by atoms with E-state index in [2.05, 4.69) is 15.3 Å². The number of urea groups is 1. The molecule has 2 saturated heterocycles. The molecule has 9 heteroatoms. The predicted octanol–water partition coefficient (Wildman–Crippen LogP) is 0.792.